The van der Waals surface area contributed by atoms with Crippen LogP contribution in [-0.2, 0) is 4.79 Å². The van der Waals surface area contributed by atoms with Crippen molar-refractivity contribution in [3.05, 3.63) is 11.6 Å². The van der Waals surface area contributed by atoms with Crippen molar-refractivity contribution in [3.8, 4) is 0 Å². The topological polar surface area (TPSA) is 52.6 Å². The summed E-state index contributed by atoms with van der Waals surface area (Å²) in [5.41, 5.74) is 1.27. The summed E-state index contributed by atoms with van der Waals surface area (Å²) in [6, 6.07) is -0.0632. The van der Waals surface area contributed by atoms with Crippen molar-refractivity contribution in [1.29, 1.82) is 0 Å². The predicted octanol–water partition coefficient (Wildman–Crippen LogP) is 0.668. The van der Waals surface area contributed by atoms with Crippen LogP contribution in [0.1, 0.15) is 32.1 Å². The average Bonchev–Trinajstić information content (AvgIpc) is 2.76. The predicted molar refractivity (Wildman–Crippen MR) is 66.6 cm³/mol. The zero-order valence-corrected chi connectivity index (χ0v) is 10.5. The van der Waals surface area contributed by atoms with Crippen molar-refractivity contribution in [2.24, 2.45) is 0 Å². The molecule has 1 aliphatic carbocycles. The second-order valence-corrected chi connectivity index (χ2v) is 5.08. The molecule has 1 fully saturated rings. The van der Waals surface area contributed by atoms with Gasteiger partial charge in [0.2, 0.25) is 5.91 Å². The number of nitrogens with zero attached hydrogens (tertiary/aromatic N) is 1. The maximum Gasteiger partial charge on any atom is 0.226 e. The normalized spacial score (nSPS) is 28.9. The standard InChI is InChI=1S/C13H22N2O2/c1-15(11-8-14-9-12(11)16)13(17)7-10-5-3-2-4-6-10/h5,11-12,14,16H,2-4,6-9H2,1H3/t11-,12-/m0/s1. The maximum atomic E-state index is 12.1. The molecule has 1 aliphatic heterocycles. The van der Waals surface area contributed by atoms with Crippen LogP contribution in [0.15, 0.2) is 11.6 Å². The molecule has 2 rings (SSSR count). The molecule has 4 nitrogen and oxygen atoms in total. The number of nitrogens with one attached hydrogen (secondary N) is 1. The minimum absolute atomic E-state index is 0.0632. The Morgan fingerprint density at radius 2 is 2.35 bits per heavy atom. The fourth-order valence-electron chi connectivity index (χ4n) is 2.62. The first-order valence-electron chi connectivity index (χ1n) is 6.51. The van der Waals surface area contributed by atoms with Gasteiger partial charge >= 0.3 is 0 Å². The lowest BCUT2D eigenvalue weighted by Gasteiger charge is -2.27. The van der Waals surface area contributed by atoms with Gasteiger partial charge in [0.05, 0.1) is 12.1 Å². The Morgan fingerprint density at radius 1 is 1.53 bits per heavy atom. The van der Waals surface area contributed by atoms with Crippen LogP contribution >= 0.6 is 0 Å². The van der Waals surface area contributed by atoms with Crippen LogP contribution in [0.2, 0.25) is 0 Å². The van der Waals surface area contributed by atoms with Crippen LogP contribution in [0.25, 0.3) is 0 Å². The van der Waals surface area contributed by atoms with Gasteiger partial charge < -0.3 is 15.3 Å². The van der Waals surface area contributed by atoms with E-state index in [0.29, 0.717) is 19.5 Å². The lowest BCUT2D eigenvalue weighted by atomic mass is 9.96. The van der Waals surface area contributed by atoms with E-state index in [1.807, 2.05) is 0 Å². The number of allylic oxidation sites excluding steroid dienone is 1. The number of carbonyl (C=O) groups excluding carboxylic acids is 1. The number of rotatable bonds is 3. The smallest absolute Gasteiger partial charge is 0.226 e. The van der Waals surface area contributed by atoms with Crippen molar-refractivity contribution < 1.29 is 9.90 Å². The highest BCUT2D eigenvalue weighted by atomic mass is 16.3. The highest BCUT2D eigenvalue weighted by Crippen LogP contribution is 2.21. The summed E-state index contributed by atoms with van der Waals surface area (Å²) >= 11 is 0. The van der Waals surface area contributed by atoms with E-state index < -0.39 is 6.10 Å². The molecule has 0 aromatic rings. The molecule has 17 heavy (non-hydrogen) atoms. The molecule has 1 saturated heterocycles. The van der Waals surface area contributed by atoms with E-state index in [-0.39, 0.29) is 11.9 Å². The Bertz CT molecular complexity index is 315. The molecule has 2 N–H and O–H groups in total. The third-order valence-corrected chi connectivity index (χ3v) is 3.81. The molecule has 0 bridgehead atoms. The minimum atomic E-state index is -0.427. The van der Waals surface area contributed by atoms with Crippen molar-refractivity contribution in [2.45, 2.75) is 44.2 Å². The van der Waals surface area contributed by atoms with Crippen LogP contribution in [-0.4, -0.2) is 48.2 Å². The van der Waals surface area contributed by atoms with E-state index in [0.717, 1.165) is 12.8 Å². The van der Waals surface area contributed by atoms with Gasteiger partial charge in [-0.25, -0.2) is 0 Å². The number of aliphatic hydroxyl groups is 1. The number of hydrogen-bond acceptors (Lipinski definition) is 3. The van der Waals surface area contributed by atoms with Gasteiger partial charge in [-0.1, -0.05) is 11.6 Å². The number of amides is 1. The molecule has 4 heteroatoms. The largest absolute Gasteiger partial charge is 0.390 e. The third-order valence-electron chi connectivity index (χ3n) is 3.81. The second-order valence-electron chi connectivity index (χ2n) is 5.08. The molecule has 2 atom stereocenters. The first-order valence-corrected chi connectivity index (χ1v) is 6.51. The third kappa shape index (κ3) is 3.07. The lowest BCUT2D eigenvalue weighted by Crippen LogP contribution is -2.44. The van der Waals surface area contributed by atoms with Crippen molar-refractivity contribution >= 4 is 5.91 Å². The molecule has 0 aromatic carbocycles. The van der Waals surface area contributed by atoms with Gasteiger partial charge in [-0.2, -0.15) is 0 Å². The highest BCUT2D eigenvalue weighted by Gasteiger charge is 2.31. The molecule has 0 radical (unpaired) electrons. The van der Waals surface area contributed by atoms with Gasteiger partial charge in [0.25, 0.3) is 0 Å². The number of likely N-dealkylation sites (N-methyl/N-ethyl adjacent to an activating group) is 1. The van der Waals surface area contributed by atoms with Gasteiger partial charge in [0.1, 0.15) is 0 Å². The monoisotopic (exact) mass is 238 g/mol. The molecule has 2 aliphatic rings. The van der Waals surface area contributed by atoms with Crippen LogP contribution in [0, 0.1) is 0 Å². The average molecular weight is 238 g/mol. The molecule has 1 amide bonds. The summed E-state index contributed by atoms with van der Waals surface area (Å²) in [7, 11) is 1.80. The Balaban J connectivity index is 1.88. The SMILES string of the molecule is CN(C(=O)CC1=CCCCC1)[C@H]1CNC[C@@H]1O. The molecular weight excluding hydrogens is 216 g/mol. The zero-order chi connectivity index (χ0) is 12.3. The van der Waals surface area contributed by atoms with Crippen LogP contribution < -0.4 is 5.32 Å². The summed E-state index contributed by atoms with van der Waals surface area (Å²) in [6.07, 6.45) is 6.93. The molecule has 0 spiro atoms. The number of β-amino-alcohol motifs (C(OH)–C–C–N with tert-alkyl or cyclic N) is 1. The van der Waals surface area contributed by atoms with Gasteiger partial charge in [-0.3, -0.25) is 4.79 Å². The maximum absolute atomic E-state index is 12.1. The summed E-state index contributed by atoms with van der Waals surface area (Å²) in [6.45, 7) is 1.29. The van der Waals surface area contributed by atoms with E-state index in [2.05, 4.69) is 11.4 Å². The molecule has 0 saturated carbocycles. The molecular formula is C13H22N2O2. The molecule has 1 heterocycles. The number of hydrogen-bond donors (Lipinski definition) is 2. The Hall–Kier alpha value is -0.870. The van der Waals surface area contributed by atoms with Gasteiger partial charge in [0, 0.05) is 26.6 Å². The van der Waals surface area contributed by atoms with E-state index in [4.69, 9.17) is 0 Å². The van der Waals surface area contributed by atoms with Gasteiger partial charge in [-0.15, -0.1) is 0 Å². The van der Waals surface area contributed by atoms with E-state index in [1.54, 1.807) is 11.9 Å². The highest BCUT2D eigenvalue weighted by molar-refractivity contribution is 5.79. The van der Waals surface area contributed by atoms with Crippen molar-refractivity contribution in [1.82, 2.24) is 10.2 Å². The summed E-state index contributed by atoms with van der Waals surface area (Å²) in [5.74, 6) is 0.130. The number of carbonyl (C=O) groups is 1. The Labute approximate surface area is 103 Å². The van der Waals surface area contributed by atoms with Gasteiger partial charge in [-0.05, 0) is 25.7 Å². The summed E-state index contributed by atoms with van der Waals surface area (Å²) in [5, 5.41) is 12.8. The van der Waals surface area contributed by atoms with E-state index in [1.165, 1.54) is 18.4 Å². The van der Waals surface area contributed by atoms with Crippen LogP contribution in [0.5, 0.6) is 0 Å². The fraction of sp³-hybridized carbons (Fsp3) is 0.769. The van der Waals surface area contributed by atoms with E-state index in [9.17, 15) is 9.90 Å². The summed E-state index contributed by atoms with van der Waals surface area (Å²) < 4.78 is 0. The van der Waals surface area contributed by atoms with Crippen LogP contribution in [0.4, 0.5) is 0 Å². The first kappa shape index (κ1) is 12.6. The molecule has 96 valence electrons. The van der Waals surface area contributed by atoms with Crippen molar-refractivity contribution in [2.75, 3.05) is 20.1 Å². The van der Waals surface area contributed by atoms with E-state index >= 15 is 0 Å². The molecule has 0 aromatic heterocycles. The van der Waals surface area contributed by atoms with Crippen LogP contribution in [0.3, 0.4) is 0 Å². The Morgan fingerprint density at radius 3 is 2.94 bits per heavy atom. The minimum Gasteiger partial charge on any atom is -0.390 e. The summed E-state index contributed by atoms with van der Waals surface area (Å²) in [4.78, 5) is 13.8. The fourth-order valence-corrected chi connectivity index (χ4v) is 2.62. The first-order chi connectivity index (χ1) is 8.18. The zero-order valence-electron chi connectivity index (χ0n) is 10.5. The number of aliphatic hydroxyl groups excluding tert-OH is 1. The Kier molecular flexibility index (Phi) is 4.18. The lowest BCUT2D eigenvalue weighted by molar-refractivity contribution is -0.132. The second kappa shape index (κ2) is 5.65. The van der Waals surface area contributed by atoms with Gasteiger partial charge in [0.15, 0.2) is 0 Å². The molecule has 0 unspecified atom stereocenters. The van der Waals surface area contributed by atoms with Crippen molar-refractivity contribution in [3.63, 3.8) is 0 Å². The quantitative estimate of drug-likeness (QED) is 0.711.